The summed E-state index contributed by atoms with van der Waals surface area (Å²) in [4.78, 5) is 13.4. The smallest absolute Gasteiger partial charge is 0.220 e. The number of hydrogen-bond acceptors (Lipinski definition) is 13. The second-order valence-corrected chi connectivity index (χ2v) is 28.9. The van der Waals surface area contributed by atoms with Gasteiger partial charge in [-0.15, -0.1) is 0 Å². The molecule has 2 aliphatic heterocycles. The Morgan fingerprint density at radius 3 is 1.10 bits per heavy atom. The summed E-state index contributed by atoms with van der Waals surface area (Å²) in [7, 11) is 0. The van der Waals surface area contributed by atoms with E-state index < -0.39 is 86.8 Å². The fraction of sp³-hybridized carbons (Fsp3) is 0.890. The molecule has 0 spiro atoms. The van der Waals surface area contributed by atoms with E-state index in [-0.39, 0.29) is 12.5 Å². The molecule has 2 aliphatic rings. The maximum Gasteiger partial charge on any atom is 0.220 e. The van der Waals surface area contributed by atoms with E-state index in [1.807, 2.05) is 0 Å². The Bertz CT molecular complexity index is 1800. The van der Waals surface area contributed by atoms with Crippen LogP contribution in [0, 0.1) is 0 Å². The van der Waals surface area contributed by atoms with Gasteiger partial charge in [0.2, 0.25) is 5.91 Å². The van der Waals surface area contributed by atoms with Crippen molar-refractivity contribution in [2.24, 2.45) is 0 Å². The number of unbranched alkanes of at least 4 members (excludes halogenated alkanes) is 48. The van der Waals surface area contributed by atoms with Gasteiger partial charge in [0, 0.05) is 6.42 Å². The standard InChI is InChI=1S/C82H153NO13/c1-3-5-7-9-11-13-15-17-19-21-23-25-27-29-30-31-32-33-34-35-36-37-38-39-40-42-44-46-48-50-52-54-56-58-60-62-64-66-74(87)83-70(69-93-81-79(92)77(90)80(73(68-85)95-81)96-82-78(91)76(89)75(88)72(67-84)94-82)71(86)65-63-61-59-57-55-53-51-49-47-45-43-41-28-26-24-22-20-18-16-14-12-10-8-6-4-2/h5,7,11,13,17,19,23,25,70-73,75-82,84-86,88-92H,3-4,6,8-10,12,14-16,18,20-22,24,26-69H2,1-2H3,(H,83,87)/b7-5-,13-11-,19-17-,25-23-. The van der Waals surface area contributed by atoms with E-state index in [0.29, 0.717) is 12.8 Å². The lowest BCUT2D eigenvalue weighted by Gasteiger charge is -2.46. The van der Waals surface area contributed by atoms with E-state index in [0.717, 1.165) is 77.0 Å². The Balaban J connectivity index is 1.57. The summed E-state index contributed by atoms with van der Waals surface area (Å²) in [5.74, 6) is -0.198. The van der Waals surface area contributed by atoms with E-state index in [4.69, 9.17) is 18.9 Å². The van der Waals surface area contributed by atoms with E-state index >= 15 is 0 Å². The lowest BCUT2D eigenvalue weighted by Crippen LogP contribution is -2.65. The number of carbonyl (C=O) groups is 1. The van der Waals surface area contributed by atoms with Gasteiger partial charge in [-0.3, -0.25) is 4.79 Å². The molecule has 12 unspecified atom stereocenters. The van der Waals surface area contributed by atoms with Gasteiger partial charge in [0.15, 0.2) is 12.6 Å². The van der Waals surface area contributed by atoms with E-state index in [2.05, 4.69) is 67.8 Å². The molecule has 2 saturated heterocycles. The highest BCUT2D eigenvalue weighted by atomic mass is 16.7. The second kappa shape index (κ2) is 66.2. The summed E-state index contributed by atoms with van der Waals surface area (Å²) in [6.45, 7) is 2.81. The molecule has 0 aromatic heterocycles. The molecule has 2 fully saturated rings. The zero-order valence-corrected chi connectivity index (χ0v) is 61.9. The fourth-order valence-electron chi connectivity index (χ4n) is 13.6. The SMILES string of the molecule is CC/C=C\C/C=C\C/C=C\C/C=C\CCCCCCCCCCCCCCCCCCCCCCCCCCC(=O)NC(COC1OC(CO)C(OC2OC(CO)C(O)C(O)C2O)C(O)C1O)C(O)CCCCCCCCCCCCCCCCCCCCCCCCCCC. The van der Waals surface area contributed by atoms with Gasteiger partial charge < -0.3 is 65.1 Å². The van der Waals surface area contributed by atoms with Crippen LogP contribution in [0.25, 0.3) is 0 Å². The Morgan fingerprint density at radius 1 is 0.385 bits per heavy atom. The first kappa shape index (κ1) is 90.0. The zero-order valence-electron chi connectivity index (χ0n) is 61.9. The molecule has 0 bridgehead atoms. The van der Waals surface area contributed by atoms with Crippen molar-refractivity contribution in [1.82, 2.24) is 5.32 Å². The molecular weight excluding hydrogens is 1210 g/mol. The van der Waals surface area contributed by atoms with Crippen LogP contribution in [0.2, 0.25) is 0 Å². The number of rotatable bonds is 69. The quantitative estimate of drug-likeness (QED) is 0.0204. The lowest BCUT2D eigenvalue weighted by molar-refractivity contribution is -0.359. The van der Waals surface area contributed by atoms with Gasteiger partial charge in [-0.05, 0) is 51.4 Å². The van der Waals surface area contributed by atoms with Crippen molar-refractivity contribution in [3.8, 4) is 0 Å². The average molecular weight is 1360 g/mol. The van der Waals surface area contributed by atoms with Crippen molar-refractivity contribution >= 4 is 5.91 Å². The molecule has 1 amide bonds. The number of carbonyl (C=O) groups excluding carboxylic acids is 1. The number of nitrogens with one attached hydrogen (secondary N) is 1. The minimum atomic E-state index is -1.78. The first-order valence-electron chi connectivity index (χ1n) is 40.9. The Morgan fingerprint density at radius 2 is 0.719 bits per heavy atom. The fourth-order valence-corrected chi connectivity index (χ4v) is 13.6. The zero-order chi connectivity index (χ0) is 69.4. The monoisotopic (exact) mass is 1360 g/mol. The van der Waals surface area contributed by atoms with Crippen molar-refractivity contribution in [3.05, 3.63) is 48.6 Å². The summed E-state index contributed by atoms with van der Waals surface area (Å²) in [5, 5.41) is 87.9. The molecule has 0 radical (unpaired) electrons. The summed E-state index contributed by atoms with van der Waals surface area (Å²) >= 11 is 0. The Labute approximate surface area is 588 Å². The Kier molecular flexibility index (Phi) is 62.1. The van der Waals surface area contributed by atoms with Gasteiger partial charge in [-0.1, -0.05) is 364 Å². The number of amides is 1. The lowest BCUT2D eigenvalue weighted by atomic mass is 9.97. The average Bonchev–Trinajstić information content (AvgIpc) is 0.857. The summed E-state index contributed by atoms with van der Waals surface area (Å²) in [6.07, 6.45) is 71.6. The van der Waals surface area contributed by atoms with Gasteiger partial charge in [-0.2, -0.15) is 0 Å². The van der Waals surface area contributed by atoms with Crippen LogP contribution in [0.5, 0.6) is 0 Å². The second-order valence-electron chi connectivity index (χ2n) is 28.9. The highest BCUT2D eigenvalue weighted by Gasteiger charge is 2.51. The molecule has 9 N–H and O–H groups in total. The van der Waals surface area contributed by atoms with Crippen LogP contribution in [0.15, 0.2) is 48.6 Å². The minimum absolute atomic E-state index is 0.198. The van der Waals surface area contributed by atoms with Gasteiger partial charge >= 0.3 is 0 Å². The van der Waals surface area contributed by atoms with Gasteiger partial charge in [0.25, 0.3) is 0 Å². The number of ether oxygens (including phenoxy) is 4. The van der Waals surface area contributed by atoms with Crippen LogP contribution in [-0.2, 0) is 23.7 Å². The number of allylic oxidation sites excluding steroid dienone is 8. The molecule has 564 valence electrons. The van der Waals surface area contributed by atoms with Crippen LogP contribution >= 0.6 is 0 Å². The first-order chi connectivity index (χ1) is 47.1. The number of aliphatic hydroxyl groups excluding tert-OH is 8. The van der Waals surface area contributed by atoms with Crippen molar-refractivity contribution in [1.29, 1.82) is 0 Å². The molecule has 2 heterocycles. The molecule has 12 atom stereocenters. The van der Waals surface area contributed by atoms with E-state index in [1.165, 1.54) is 270 Å². The molecule has 0 aliphatic carbocycles. The molecule has 0 saturated carbocycles. The molecule has 14 nitrogen and oxygen atoms in total. The highest BCUT2D eigenvalue weighted by Crippen LogP contribution is 2.30. The molecule has 0 aromatic carbocycles. The first-order valence-corrected chi connectivity index (χ1v) is 40.9. The maximum atomic E-state index is 13.4. The summed E-state index contributed by atoms with van der Waals surface area (Å²) < 4.78 is 23.0. The van der Waals surface area contributed by atoms with E-state index in [9.17, 15) is 45.6 Å². The van der Waals surface area contributed by atoms with Crippen LogP contribution in [-0.4, -0.2) is 140 Å². The van der Waals surface area contributed by atoms with Crippen molar-refractivity contribution in [2.45, 2.75) is 447 Å². The molecule has 96 heavy (non-hydrogen) atoms. The third kappa shape index (κ3) is 48.7. The van der Waals surface area contributed by atoms with Gasteiger partial charge in [0.1, 0.15) is 48.8 Å². The molecular formula is C82H153NO13. The van der Waals surface area contributed by atoms with Crippen LogP contribution in [0.4, 0.5) is 0 Å². The van der Waals surface area contributed by atoms with E-state index in [1.54, 1.807) is 0 Å². The Hall–Kier alpha value is -2.05. The normalized spacial score (nSPS) is 22.4. The number of hydrogen-bond donors (Lipinski definition) is 9. The van der Waals surface area contributed by atoms with Gasteiger partial charge in [-0.25, -0.2) is 0 Å². The predicted octanol–water partition coefficient (Wildman–Crippen LogP) is 18.6. The highest BCUT2D eigenvalue weighted by molar-refractivity contribution is 5.76. The maximum absolute atomic E-state index is 13.4. The third-order valence-electron chi connectivity index (χ3n) is 20.1. The van der Waals surface area contributed by atoms with Crippen LogP contribution < -0.4 is 5.32 Å². The summed E-state index contributed by atoms with van der Waals surface area (Å²) in [6, 6.07) is -0.829. The number of aliphatic hydroxyl groups is 8. The summed E-state index contributed by atoms with van der Waals surface area (Å²) in [5.41, 5.74) is 0. The van der Waals surface area contributed by atoms with Crippen LogP contribution in [0.1, 0.15) is 373 Å². The molecule has 0 aromatic rings. The van der Waals surface area contributed by atoms with Crippen molar-refractivity contribution in [2.75, 3.05) is 19.8 Å². The van der Waals surface area contributed by atoms with Crippen LogP contribution in [0.3, 0.4) is 0 Å². The molecule has 14 heteroatoms. The third-order valence-corrected chi connectivity index (χ3v) is 20.1. The van der Waals surface area contributed by atoms with Crippen molar-refractivity contribution < 1.29 is 64.6 Å². The topological polar surface area (TPSA) is 228 Å². The van der Waals surface area contributed by atoms with Gasteiger partial charge in [0.05, 0.1) is 32.0 Å². The van der Waals surface area contributed by atoms with Crippen molar-refractivity contribution in [3.63, 3.8) is 0 Å². The largest absolute Gasteiger partial charge is 0.394 e. The minimum Gasteiger partial charge on any atom is -0.394 e. The predicted molar refractivity (Wildman–Crippen MR) is 397 cm³/mol. The molecule has 2 rings (SSSR count).